The van der Waals surface area contributed by atoms with Gasteiger partial charge in [-0.25, -0.2) is 4.68 Å². The molecule has 0 aliphatic heterocycles. The summed E-state index contributed by atoms with van der Waals surface area (Å²) in [5.74, 6) is -0.260. The summed E-state index contributed by atoms with van der Waals surface area (Å²) < 4.78 is 6.08. The van der Waals surface area contributed by atoms with Gasteiger partial charge in [-0.15, -0.1) is 0 Å². The molecule has 2 aromatic carbocycles. The molecule has 1 heterocycles. The highest BCUT2D eigenvalue weighted by atomic mass is 16.5. The second kappa shape index (κ2) is 7.74. The number of aromatic nitrogens is 2. The SMILES string of the molecule is COC(=O)CCc1ccc(-c2cc(=O)n(-c3ccc(C(=N)N)cc3)[nH]2)cc1. The first-order valence-electron chi connectivity index (χ1n) is 8.41. The van der Waals surface area contributed by atoms with Crippen LogP contribution in [0.4, 0.5) is 0 Å². The van der Waals surface area contributed by atoms with Crippen molar-refractivity contribution in [3.63, 3.8) is 0 Å². The van der Waals surface area contributed by atoms with Gasteiger partial charge in [-0.3, -0.25) is 20.1 Å². The van der Waals surface area contributed by atoms with Crippen LogP contribution in [0.15, 0.2) is 59.4 Å². The van der Waals surface area contributed by atoms with Crippen LogP contribution in [0.2, 0.25) is 0 Å². The van der Waals surface area contributed by atoms with E-state index >= 15 is 0 Å². The number of hydrogen-bond acceptors (Lipinski definition) is 4. The third-order valence-corrected chi connectivity index (χ3v) is 4.27. The molecule has 0 spiro atoms. The second-order valence-corrected chi connectivity index (χ2v) is 6.08. The van der Waals surface area contributed by atoms with Crippen LogP contribution in [-0.4, -0.2) is 28.7 Å². The van der Waals surface area contributed by atoms with E-state index in [0.29, 0.717) is 29.8 Å². The summed E-state index contributed by atoms with van der Waals surface area (Å²) in [4.78, 5) is 23.5. The molecule has 0 unspecified atom stereocenters. The zero-order valence-corrected chi connectivity index (χ0v) is 14.9. The van der Waals surface area contributed by atoms with Crippen LogP contribution in [0.3, 0.4) is 0 Å². The molecule has 0 bridgehead atoms. The summed E-state index contributed by atoms with van der Waals surface area (Å²) in [7, 11) is 1.38. The molecule has 3 aromatic rings. The van der Waals surface area contributed by atoms with Crippen molar-refractivity contribution in [1.82, 2.24) is 9.78 Å². The molecule has 0 aliphatic carbocycles. The van der Waals surface area contributed by atoms with Crippen LogP contribution in [0.5, 0.6) is 0 Å². The minimum Gasteiger partial charge on any atom is -0.469 e. The van der Waals surface area contributed by atoms with Gasteiger partial charge in [0.15, 0.2) is 0 Å². The topological polar surface area (TPSA) is 114 Å². The molecule has 0 saturated carbocycles. The number of benzene rings is 2. The molecule has 7 nitrogen and oxygen atoms in total. The number of rotatable bonds is 6. The maximum atomic E-state index is 12.3. The van der Waals surface area contributed by atoms with Crippen LogP contribution in [-0.2, 0) is 16.0 Å². The van der Waals surface area contributed by atoms with E-state index < -0.39 is 0 Å². The van der Waals surface area contributed by atoms with E-state index in [1.165, 1.54) is 17.9 Å². The van der Waals surface area contributed by atoms with Crippen molar-refractivity contribution in [3.8, 4) is 16.9 Å². The lowest BCUT2D eigenvalue weighted by molar-refractivity contribution is -0.140. The molecule has 27 heavy (non-hydrogen) atoms. The molecular weight excluding hydrogens is 344 g/mol. The van der Waals surface area contributed by atoms with Crippen molar-refractivity contribution in [2.75, 3.05) is 7.11 Å². The first-order chi connectivity index (χ1) is 13.0. The van der Waals surface area contributed by atoms with Crippen LogP contribution < -0.4 is 11.3 Å². The zero-order chi connectivity index (χ0) is 19.4. The molecule has 0 amide bonds. The number of nitrogens with two attached hydrogens (primary N) is 1. The first kappa shape index (κ1) is 18.2. The number of nitrogens with zero attached hydrogens (tertiary/aromatic N) is 1. The monoisotopic (exact) mass is 364 g/mol. The Balaban J connectivity index is 1.80. The number of aryl methyl sites for hydroxylation is 1. The van der Waals surface area contributed by atoms with E-state index in [1.54, 1.807) is 24.3 Å². The maximum absolute atomic E-state index is 12.3. The Labute approximate surface area is 155 Å². The van der Waals surface area contributed by atoms with Crippen LogP contribution in [0, 0.1) is 5.41 Å². The molecule has 1 aromatic heterocycles. The second-order valence-electron chi connectivity index (χ2n) is 6.08. The molecular formula is C20H20N4O3. The summed E-state index contributed by atoms with van der Waals surface area (Å²) >= 11 is 0. The third kappa shape index (κ3) is 4.14. The predicted octanol–water partition coefficient (Wildman–Crippen LogP) is 2.22. The highest BCUT2D eigenvalue weighted by Crippen LogP contribution is 2.18. The molecule has 0 aliphatic rings. The van der Waals surface area contributed by atoms with E-state index in [-0.39, 0.29) is 17.4 Å². The van der Waals surface area contributed by atoms with Gasteiger partial charge in [0.25, 0.3) is 5.56 Å². The fourth-order valence-electron chi connectivity index (χ4n) is 2.73. The van der Waals surface area contributed by atoms with Crippen LogP contribution in [0.25, 0.3) is 16.9 Å². The lowest BCUT2D eigenvalue weighted by atomic mass is 10.1. The molecule has 0 saturated heterocycles. The molecule has 138 valence electrons. The van der Waals surface area contributed by atoms with Gasteiger partial charge in [-0.1, -0.05) is 24.3 Å². The van der Waals surface area contributed by atoms with Crippen molar-refractivity contribution >= 4 is 11.8 Å². The van der Waals surface area contributed by atoms with E-state index in [0.717, 1.165) is 11.1 Å². The Kier molecular flexibility index (Phi) is 5.21. The van der Waals surface area contributed by atoms with Gasteiger partial charge < -0.3 is 10.5 Å². The number of ether oxygens (including phenoxy) is 1. The molecule has 0 radical (unpaired) electrons. The fraction of sp³-hybridized carbons (Fsp3) is 0.150. The number of carbonyl (C=O) groups is 1. The summed E-state index contributed by atoms with van der Waals surface area (Å²) in [5, 5.41) is 10.5. The van der Waals surface area contributed by atoms with Crippen LogP contribution >= 0.6 is 0 Å². The normalized spacial score (nSPS) is 10.6. The van der Waals surface area contributed by atoms with Gasteiger partial charge in [0, 0.05) is 18.1 Å². The van der Waals surface area contributed by atoms with Gasteiger partial charge in [-0.05, 0) is 41.8 Å². The highest BCUT2D eigenvalue weighted by molar-refractivity contribution is 5.95. The van der Waals surface area contributed by atoms with Crippen molar-refractivity contribution in [2.45, 2.75) is 12.8 Å². The minimum absolute atomic E-state index is 0.0200. The summed E-state index contributed by atoms with van der Waals surface area (Å²) in [6.07, 6.45) is 0.937. The Morgan fingerprint density at radius 3 is 2.41 bits per heavy atom. The van der Waals surface area contributed by atoms with Crippen LogP contribution in [0.1, 0.15) is 17.5 Å². The van der Waals surface area contributed by atoms with E-state index in [2.05, 4.69) is 9.84 Å². The number of nitrogens with one attached hydrogen (secondary N) is 2. The summed E-state index contributed by atoms with van der Waals surface area (Å²) in [6.45, 7) is 0. The predicted molar refractivity (Wildman–Crippen MR) is 103 cm³/mol. The van der Waals surface area contributed by atoms with Crippen molar-refractivity contribution in [2.24, 2.45) is 5.73 Å². The number of amidine groups is 1. The van der Waals surface area contributed by atoms with Gasteiger partial charge in [0.1, 0.15) is 5.84 Å². The first-order valence-corrected chi connectivity index (χ1v) is 8.41. The molecule has 7 heteroatoms. The number of H-pyrrole nitrogens is 1. The van der Waals surface area contributed by atoms with Gasteiger partial charge in [0.05, 0.1) is 18.5 Å². The average Bonchev–Trinajstić information content (AvgIpc) is 3.08. The number of aromatic amines is 1. The number of nitrogen functional groups attached to an aromatic ring is 1. The van der Waals surface area contributed by atoms with E-state index in [4.69, 9.17) is 11.1 Å². The molecule has 0 atom stereocenters. The fourth-order valence-corrected chi connectivity index (χ4v) is 2.73. The maximum Gasteiger partial charge on any atom is 0.305 e. The Hall–Kier alpha value is -3.61. The number of esters is 1. The number of carbonyl (C=O) groups excluding carboxylic acids is 1. The lowest BCUT2D eigenvalue weighted by Gasteiger charge is -2.05. The lowest BCUT2D eigenvalue weighted by Crippen LogP contribution is -2.14. The van der Waals surface area contributed by atoms with Crippen molar-refractivity contribution in [3.05, 3.63) is 76.1 Å². The van der Waals surface area contributed by atoms with Gasteiger partial charge >= 0.3 is 5.97 Å². The summed E-state index contributed by atoms with van der Waals surface area (Å²) in [6, 6.07) is 16.0. The smallest absolute Gasteiger partial charge is 0.305 e. The highest BCUT2D eigenvalue weighted by Gasteiger charge is 2.08. The van der Waals surface area contributed by atoms with Crippen molar-refractivity contribution < 1.29 is 9.53 Å². The van der Waals surface area contributed by atoms with Crippen molar-refractivity contribution in [1.29, 1.82) is 5.41 Å². The Bertz CT molecular complexity index is 1010. The zero-order valence-electron chi connectivity index (χ0n) is 14.9. The molecule has 0 fully saturated rings. The molecule has 4 N–H and O–H groups in total. The van der Waals surface area contributed by atoms with Gasteiger partial charge in [0.2, 0.25) is 0 Å². The standard InChI is InChI=1S/C20H20N4O3/c1-27-19(26)11-4-13-2-5-14(6-3-13)17-12-18(25)24(23-17)16-9-7-15(8-10-16)20(21)22/h2-3,5-10,12,23H,4,11H2,1H3,(H3,21,22). The minimum atomic E-state index is -0.240. The van der Waals surface area contributed by atoms with E-state index in [1.807, 2.05) is 24.3 Å². The van der Waals surface area contributed by atoms with E-state index in [9.17, 15) is 9.59 Å². The quantitative estimate of drug-likeness (QED) is 0.353. The Morgan fingerprint density at radius 2 is 1.81 bits per heavy atom. The molecule has 3 rings (SSSR count). The van der Waals surface area contributed by atoms with Gasteiger partial charge in [-0.2, -0.15) is 0 Å². The summed E-state index contributed by atoms with van der Waals surface area (Å²) in [5.41, 5.74) is 9.10. The Morgan fingerprint density at radius 1 is 1.15 bits per heavy atom. The largest absolute Gasteiger partial charge is 0.469 e. The number of methoxy groups -OCH3 is 1. The average molecular weight is 364 g/mol. The third-order valence-electron chi connectivity index (χ3n) is 4.27. The number of hydrogen-bond donors (Lipinski definition) is 3.